The molecule has 0 aliphatic carbocycles. The highest BCUT2D eigenvalue weighted by Crippen LogP contribution is 2.18. The molecule has 2 aromatic rings. The van der Waals surface area contributed by atoms with E-state index in [2.05, 4.69) is 47.3 Å². The van der Waals surface area contributed by atoms with Gasteiger partial charge >= 0.3 is 0 Å². The number of aliphatic imine (C=N–C) groups is 1. The molecule has 3 heterocycles. The minimum atomic E-state index is -3.57. The molecule has 1 fully saturated rings. The number of hydrogen-bond donors (Lipinski definition) is 3. The first-order valence-electron chi connectivity index (χ1n) is 10.6. The van der Waals surface area contributed by atoms with Crippen LogP contribution in [-0.2, 0) is 10.0 Å². The number of aromatic nitrogens is 2. The fraction of sp³-hybridized carbons (Fsp3) is 0.476. The molecule has 0 aromatic carbocycles. The fourth-order valence-corrected chi connectivity index (χ4v) is 4.33. The van der Waals surface area contributed by atoms with E-state index in [-0.39, 0.29) is 35.4 Å². The van der Waals surface area contributed by atoms with Gasteiger partial charge in [-0.1, -0.05) is 6.07 Å². The Labute approximate surface area is 207 Å². The van der Waals surface area contributed by atoms with Crippen LogP contribution in [0.25, 0.3) is 0 Å². The van der Waals surface area contributed by atoms with Gasteiger partial charge < -0.3 is 15.5 Å². The van der Waals surface area contributed by atoms with Gasteiger partial charge in [0, 0.05) is 50.8 Å². The summed E-state index contributed by atoms with van der Waals surface area (Å²) < 4.78 is 27.1. The van der Waals surface area contributed by atoms with E-state index in [1.807, 2.05) is 20.0 Å². The first-order valence-corrected chi connectivity index (χ1v) is 12.1. The number of pyridine rings is 2. The molecule has 3 rings (SSSR count). The average molecular weight is 574 g/mol. The lowest BCUT2D eigenvalue weighted by molar-refractivity contribution is 0.459. The Hall–Kier alpha value is -1.99. The van der Waals surface area contributed by atoms with Crippen molar-refractivity contribution in [1.29, 1.82) is 0 Å². The van der Waals surface area contributed by atoms with Crippen molar-refractivity contribution in [2.45, 2.75) is 37.6 Å². The zero-order chi connectivity index (χ0) is 22.1. The predicted octanol–water partition coefficient (Wildman–Crippen LogP) is 1.91. The van der Waals surface area contributed by atoms with E-state index in [0.717, 1.165) is 43.9 Å². The summed E-state index contributed by atoms with van der Waals surface area (Å²) in [5.41, 5.74) is 1.16. The maximum absolute atomic E-state index is 12.2. The molecule has 176 valence electrons. The van der Waals surface area contributed by atoms with E-state index in [4.69, 9.17) is 0 Å². The van der Waals surface area contributed by atoms with Crippen LogP contribution in [0.5, 0.6) is 0 Å². The lowest BCUT2D eigenvalue weighted by Gasteiger charge is -2.33. The zero-order valence-electron chi connectivity index (χ0n) is 18.5. The number of halogens is 1. The second kappa shape index (κ2) is 12.9. The monoisotopic (exact) mass is 573 g/mol. The summed E-state index contributed by atoms with van der Waals surface area (Å²) in [6, 6.07) is 7.58. The molecular formula is C21H32IN7O2S. The molecule has 0 saturated carbocycles. The smallest absolute Gasteiger partial charge is 0.242 e. The highest BCUT2D eigenvalue weighted by atomic mass is 127. The molecule has 9 nitrogen and oxygen atoms in total. The summed E-state index contributed by atoms with van der Waals surface area (Å²) in [5.74, 6) is 1.72. The third-order valence-corrected chi connectivity index (χ3v) is 6.46. The third-order valence-electron chi connectivity index (χ3n) is 5.02. The first-order chi connectivity index (χ1) is 15.0. The van der Waals surface area contributed by atoms with Gasteiger partial charge in [-0.25, -0.2) is 18.1 Å². The summed E-state index contributed by atoms with van der Waals surface area (Å²) in [6.45, 7) is 7.19. The average Bonchev–Trinajstić information content (AvgIpc) is 2.78. The first kappa shape index (κ1) is 26.3. The van der Waals surface area contributed by atoms with Gasteiger partial charge in [0.2, 0.25) is 10.0 Å². The van der Waals surface area contributed by atoms with Gasteiger partial charge in [0.25, 0.3) is 0 Å². The van der Waals surface area contributed by atoms with E-state index in [1.54, 1.807) is 12.3 Å². The highest BCUT2D eigenvalue weighted by Gasteiger charge is 2.21. The predicted molar refractivity (Wildman–Crippen MR) is 138 cm³/mol. The Kier molecular flexibility index (Phi) is 10.6. The van der Waals surface area contributed by atoms with Crippen molar-refractivity contribution in [3.63, 3.8) is 0 Å². The largest absolute Gasteiger partial charge is 0.357 e. The lowest BCUT2D eigenvalue weighted by atomic mass is 10.1. The summed E-state index contributed by atoms with van der Waals surface area (Å²) in [7, 11) is -3.57. The van der Waals surface area contributed by atoms with Crippen LogP contribution in [0.2, 0.25) is 0 Å². The molecule has 0 atom stereocenters. The molecule has 32 heavy (non-hydrogen) atoms. The van der Waals surface area contributed by atoms with Gasteiger partial charge in [-0.15, -0.1) is 24.0 Å². The molecule has 0 amide bonds. The molecule has 11 heteroatoms. The zero-order valence-corrected chi connectivity index (χ0v) is 21.6. The second-order valence-corrected chi connectivity index (χ2v) is 9.21. The van der Waals surface area contributed by atoms with Crippen LogP contribution in [0, 0.1) is 6.92 Å². The van der Waals surface area contributed by atoms with Gasteiger partial charge in [0.05, 0.1) is 6.54 Å². The Bertz CT molecular complexity index is 948. The summed E-state index contributed by atoms with van der Waals surface area (Å²) >= 11 is 0. The number of rotatable bonds is 8. The maximum atomic E-state index is 12.2. The van der Waals surface area contributed by atoms with E-state index in [0.29, 0.717) is 18.5 Å². The van der Waals surface area contributed by atoms with E-state index >= 15 is 0 Å². The topological polar surface area (TPSA) is 112 Å². The SMILES string of the molecule is CCNC(=NCCNS(=O)(=O)c1cccnc1)NC1CCN(c2ccc(C)cn2)CC1.I. The molecule has 1 aliphatic rings. The van der Waals surface area contributed by atoms with Crippen LogP contribution in [-0.4, -0.2) is 63.1 Å². The Morgan fingerprint density at radius 2 is 2.00 bits per heavy atom. The Morgan fingerprint density at radius 1 is 1.22 bits per heavy atom. The molecule has 0 unspecified atom stereocenters. The number of nitrogens with one attached hydrogen (secondary N) is 3. The van der Waals surface area contributed by atoms with Crippen LogP contribution in [0.4, 0.5) is 5.82 Å². The summed E-state index contributed by atoms with van der Waals surface area (Å²) in [5, 5.41) is 6.71. The number of guanidine groups is 1. The summed E-state index contributed by atoms with van der Waals surface area (Å²) in [4.78, 5) is 15.3. The Morgan fingerprint density at radius 3 is 2.62 bits per heavy atom. The van der Waals surface area contributed by atoms with Crippen LogP contribution >= 0.6 is 24.0 Å². The van der Waals surface area contributed by atoms with Gasteiger partial charge in [-0.2, -0.15) is 0 Å². The van der Waals surface area contributed by atoms with Gasteiger partial charge in [-0.05, 0) is 50.5 Å². The molecule has 1 aliphatic heterocycles. The lowest BCUT2D eigenvalue weighted by Crippen LogP contribution is -2.49. The Balaban J connectivity index is 0.00000363. The van der Waals surface area contributed by atoms with Crippen LogP contribution in [0.15, 0.2) is 52.7 Å². The number of aryl methyl sites for hydroxylation is 1. The molecule has 0 bridgehead atoms. The van der Waals surface area contributed by atoms with E-state index in [1.165, 1.54) is 12.3 Å². The molecule has 0 radical (unpaired) electrons. The van der Waals surface area contributed by atoms with Crippen molar-refractivity contribution >= 4 is 45.8 Å². The standard InChI is InChI=1S/C21H31N7O2S.HI/c1-3-23-21(24-11-12-26-31(29,30)19-5-4-10-22-16-19)27-18-8-13-28(14-9-18)20-7-6-17(2)15-25-20;/h4-7,10,15-16,18,26H,3,8-9,11-14H2,1-2H3,(H2,23,24,27);1H. The van der Waals surface area contributed by atoms with E-state index < -0.39 is 10.0 Å². The number of nitrogens with zero attached hydrogens (tertiary/aromatic N) is 4. The highest BCUT2D eigenvalue weighted by molar-refractivity contribution is 14.0. The second-order valence-electron chi connectivity index (χ2n) is 7.45. The minimum Gasteiger partial charge on any atom is -0.357 e. The van der Waals surface area contributed by atoms with Gasteiger partial charge in [0.15, 0.2) is 5.96 Å². The molecular weight excluding hydrogens is 541 g/mol. The summed E-state index contributed by atoms with van der Waals surface area (Å²) in [6.07, 6.45) is 6.73. The van der Waals surface area contributed by atoms with Crippen LogP contribution in [0.1, 0.15) is 25.3 Å². The number of piperidine rings is 1. The third kappa shape index (κ3) is 7.85. The van der Waals surface area contributed by atoms with Crippen LogP contribution < -0.4 is 20.3 Å². The van der Waals surface area contributed by atoms with Crippen molar-refractivity contribution in [1.82, 2.24) is 25.3 Å². The molecule has 0 spiro atoms. The molecule has 2 aromatic heterocycles. The fourth-order valence-electron chi connectivity index (χ4n) is 3.35. The molecule has 3 N–H and O–H groups in total. The van der Waals surface area contributed by atoms with Crippen molar-refractivity contribution in [3.8, 4) is 0 Å². The van der Waals surface area contributed by atoms with Crippen LogP contribution in [0.3, 0.4) is 0 Å². The quantitative estimate of drug-likeness (QED) is 0.192. The number of anilines is 1. The van der Waals surface area contributed by atoms with E-state index in [9.17, 15) is 8.42 Å². The molecule has 1 saturated heterocycles. The maximum Gasteiger partial charge on any atom is 0.242 e. The number of hydrogen-bond acceptors (Lipinski definition) is 6. The van der Waals surface area contributed by atoms with Crippen molar-refractivity contribution in [3.05, 3.63) is 48.4 Å². The normalized spacial score (nSPS) is 15.2. The van der Waals surface area contributed by atoms with Crippen molar-refractivity contribution in [2.24, 2.45) is 4.99 Å². The number of sulfonamides is 1. The van der Waals surface area contributed by atoms with Crippen molar-refractivity contribution < 1.29 is 8.42 Å². The van der Waals surface area contributed by atoms with Gasteiger partial charge in [0.1, 0.15) is 10.7 Å². The van der Waals surface area contributed by atoms with Gasteiger partial charge in [-0.3, -0.25) is 9.98 Å². The van der Waals surface area contributed by atoms with Crippen molar-refractivity contribution in [2.75, 3.05) is 37.6 Å². The minimum absolute atomic E-state index is 0.